The number of carbonyl (C=O) groups excluding carboxylic acids is 1. The molecule has 0 N–H and O–H groups in total. The molecule has 1 saturated carbocycles. The number of amides is 1. The van der Waals surface area contributed by atoms with Gasteiger partial charge in [-0.15, -0.1) is 0 Å². The molecule has 1 rings (SSSR count). The van der Waals surface area contributed by atoms with Crippen LogP contribution in [0.5, 0.6) is 0 Å². The molecule has 1 fully saturated rings. The first kappa shape index (κ1) is 15.5. The molecule has 0 radical (unpaired) electrons. The van der Waals surface area contributed by atoms with Crippen LogP contribution in [0.15, 0.2) is 0 Å². The molecule has 0 aromatic heterocycles. The third kappa shape index (κ3) is 4.97. The van der Waals surface area contributed by atoms with E-state index in [0.29, 0.717) is 19.1 Å². The van der Waals surface area contributed by atoms with E-state index in [1.54, 1.807) is 0 Å². The van der Waals surface area contributed by atoms with Crippen LogP contribution in [0.25, 0.3) is 0 Å². The normalized spacial score (nSPS) is 17.4. The van der Waals surface area contributed by atoms with Crippen LogP contribution < -0.4 is 0 Å². The van der Waals surface area contributed by atoms with E-state index in [4.69, 9.17) is 4.74 Å². The summed E-state index contributed by atoms with van der Waals surface area (Å²) in [7, 11) is 0. The minimum atomic E-state index is 0.218. The van der Waals surface area contributed by atoms with Crippen molar-refractivity contribution in [3.8, 4) is 0 Å². The molecule has 0 bridgehead atoms. The summed E-state index contributed by atoms with van der Waals surface area (Å²) in [4.78, 5) is 14.1. The van der Waals surface area contributed by atoms with E-state index < -0.39 is 0 Å². The number of hydrogen-bond acceptors (Lipinski definition) is 2. The molecule has 18 heavy (non-hydrogen) atoms. The van der Waals surface area contributed by atoms with Crippen molar-refractivity contribution >= 4 is 5.91 Å². The largest absolute Gasteiger partial charge is 0.378 e. The molecule has 0 aliphatic heterocycles. The topological polar surface area (TPSA) is 29.5 Å². The lowest BCUT2D eigenvalue weighted by atomic mass is 9.98. The van der Waals surface area contributed by atoms with Crippen molar-refractivity contribution in [2.24, 2.45) is 0 Å². The molecule has 0 aromatic carbocycles. The minimum Gasteiger partial charge on any atom is -0.378 e. The van der Waals surface area contributed by atoms with Gasteiger partial charge < -0.3 is 9.64 Å². The van der Waals surface area contributed by atoms with Gasteiger partial charge in [0.1, 0.15) is 0 Å². The van der Waals surface area contributed by atoms with Gasteiger partial charge in [-0.1, -0.05) is 19.3 Å². The lowest BCUT2D eigenvalue weighted by Crippen LogP contribution is -2.42. The van der Waals surface area contributed by atoms with Crippen LogP contribution in [-0.4, -0.2) is 35.6 Å². The van der Waals surface area contributed by atoms with E-state index >= 15 is 0 Å². The van der Waals surface area contributed by atoms with Crippen LogP contribution in [-0.2, 0) is 9.53 Å². The van der Waals surface area contributed by atoms with Gasteiger partial charge in [0.2, 0.25) is 5.91 Å². The lowest BCUT2D eigenvalue weighted by Gasteiger charge is -2.31. The van der Waals surface area contributed by atoms with Crippen molar-refractivity contribution in [3.63, 3.8) is 0 Å². The highest BCUT2D eigenvalue weighted by Crippen LogP contribution is 2.20. The lowest BCUT2D eigenvalue weighted by molar-refractivity contribution is -0.136. The molecule has 3 nitrogen and oxygen atoms in total. The number of hydrogen-bond donors (Lipinski definition) is 0. The first-order valence-corrected chi connectivity index (χ1v) is 7.45. The fraction of sp³-hybridized carbons (Fsp3) is 0.933. The maximum Gasteiger partial charge on any atom is 0.225 e. The highest BCUT2D eigenvalue weighted by atomic mass is 16.5. The Morgan fingerprint density at radius 1 is 1.11 bits per heavy atom. The number of ether oxygens (including phenoxy) is 1. The van der Waals surface area contributed by atoms with Gasteiger partial charge in [0.15, 0.2) is 0 Å². The SMILES string of the molecule is CC(C)N(C(=O)CCOC1CCCCC1)C(C)C. The van der Waals surface area contributed by atoms with E-state index in [0.717, 1.165) is 0 Å². The molecular formula is C15H29NO2. The van der Waals surface area contributed by atoms with Crippen molar-refractivity contribution in [3.05, 3.63) is 0 Å². The summed E-state index contributed by atoms with van der Waals surface area (Å²) in [6.45, 7) is 8.86. The maximum atomic E-state index is 12.1. The minimum absolute atomic E-state index is 0.218. The Bertz CT molecular complexity index is 237. The Kier molecular flexibility index (Phi) is 6.69. The summed E-state index contributed by atoms with van der Waals surface area (Å²) >= 11 is 0. The van der Waals surface area contributed by atoms with E-state index in [9.17, 15) is 4.79 Å². The van der Waals surface area contributed by atoms with Crippen molar-refractivity contribution in [2.45, 2.75) is 84.4 Å². The Hall–Kier alpha value is -0.570. The summed E-state index contributed by atoms with van der Waals surface area (Å²) < 4.78 is 5.82. The zero-order chi connectivity index (χ0) is 13.5. The monoisotopic (exact) mass is 255 g/mol. The molecule has 1 aliphatic carbocycles. The second-order valence-electron chi connectivity index (χ2n) is 5.87. The fourth-order valence-electron chi connectivity index (χ4n) is 2.85. The van der Waals surface area contributed by atoms with Crippen LogP contribution in [0.1, 0.15) is 66.2 Å². The number of rotatable bonds is 6. The average Bonchev–Trinajstić information content (AvgIpc) is 2.29. The Morgan fingerprint density at radius 3 is 2.17 bits per heavy atom. The molecule has 0 heterocycles. The van der Waals surface area contributed by atoms with Crippen LogP contribution in [0.2, 0.25) is 0 Å². The van der Waals surface area contributed by atoms with Gasteiger partial charge in [-0.2, -0.15) is 0 Å². The van der Waals surface area contributed by atoms with Gasteiger partial charge in [-0.3, -0.25) is 4.79 Å². The van der Waals surface area contributed by atoms with Crippen molar-refractivity contribution in [2.75, 3.05) is 6.61 Å². The first-order valence-electron chi connectivity index (χ1n) is 7.45. The van der Waals surface area contributed by atoms with E-state index in [2.05, 4.69) is 27.7 Å². The average molecular weight is 255 g/mol. The first-order chi connectivity index (χ1) is 8.52. The molecule has 3 heteroatoms. The summed E-state index contributed by atoms with van der Waals surface area (Å²) in [6, 6.07) is 0.541. The molecule has 0 unspecified atom stereocenters. The Labute approximate surface area is 112 Å². The van der Waals surface area contributed by atoms with Gasteiger partial charge in [-0.05, 0) is 40.5 Å². The van der Waals surface area contributed by atoms with Crippen molar-refractivity contribution < 1.29 is 9.53 Å². The second-order valence-corrected chi connectivity index (χ2v) is 5.87. The van der Waals surface area contributed by atoms with Gasteiger partial charge in [0, 0.05) is 12.1 Å². The highest BCUT2D eigenvalue weighted by molar-refractivity contribution is 5.76. The van der Waals surface area contributed by atoms with Crippen LogP contribution in [0.3, 0.4) is 0 Å². The molecule has 0 saturated heterocycles. The molecular weight excluding hydrogens is 226 g/mol. The predicted octanol–water partition coefficient (Wildman–Crippen LogP) is 3.37. The summed E-state index contributed by atoms with van der Waals surface area (Å²) in [5.74, 6) is 0.218. The highest BCUT2D eigenvalue weighted by Gasteiger charge is 2.20. The Morgan fingerprint density at radius 2 is 1.67 bits per heavy atom. The van der Waals surface area contributed by atoms with Crippen molar-refractivity contribution in [1.29, 1.82) is 0 Å². The van der Waals surface area contributed by atoms with E-state index in [1.807, 2.05) is 4.90 Å². The smallest absolute Gasteiger partial charge is 0.225 e. The molecule has 1 amide bonds. The second kappa shape index (κ2) is 7.78. The van der Waals surface area contributed by atoms with Crippen LogP contribution >= 0.6 is 0 Å². The number of carbonyl (C=O) groups is 1. The third-order valence-corrected chi connectivity index (χ3v) is 3.62. The summed E-state index contributed by atoms with van der Waals surface area (Å²) in [6.07, 6.45) is 7.17. The van der Waals surface area contributed by atoms with E-state index in [-0.39, 0.29) is 18.0 Å². The standard InChI is InChI=1S/C15H29NO2/c1-12(2)16(13(3)4)15(17)10-11-18-14-8-6-5-7-9-14/h12-14H,5-11H2,1-4H3. The Balaban J connectivity index is 2.26. The molecule has 0 aromatic rings. The fourth-order valence-corrected chi connectivity index (χ4v) is 2.85. The third-order valence-electron chi connectivity index (χ3n) is 3.62. The molecule has 0 atom stereocenters. The molecule has 106 valence electrons. The van der Waals surface area contributed by atoms with Gasteiger partial charge in [-0.25, -0.2) is 0 Å². The molecule has 1 aliphatic rings. The van der Waals surface area contributed by atoms with Gasteiger partial charge in [0.05, 0.1) is 19.1 Å². The van der Waals surface area contributed by atoms with Gasteiger partial charge >= 0.3 is 0 Å². The van der Waals surface area contributed by atoms with Crippen LogP contribution in [0.4, 0.5) is 0 Å². The van der Waals surface area contributed by atoms with Gasteiger partial charge in [0.25, 0.3) is 0 Å². The van der Waals surface area contributed by atoms with Crippen molar-refractivity contribution in [1.82, 2.24) is 4.90 Å². The zero-order valence-electron chi connectivity index (χ0n) is 12.4. The quantitative estimate of drug-likeness (QED) is 0.728. The summed E-state index contributed by atoms with van der Waals surface area (Å²) in [5, 5.41) is 0. The maximum absolute atomic E-state index is 12.1. The predicted molar refractivity (Wildman–Crippen MR) is 74.6 cm³/mol. The number of nitrogens with zero attached hydrogens (tertiary/aromatic N) is 1. The summed E-state index contributed by atoms with van der Waals surface area (Å²) in [5.41, 5.74) is 0. The van der Waals surface area contributed by atoms with E-state index in [1.165, 1.54) is 32.1 Å². The van der Waals surface area contributed by atoms with Crippen LogP contribution in [0, 0.1) is 0 Å². The molecule has 0 spiro atoms. The zero-order valence-corrected chi connectivity index (χ0v) is 12.4.